The number of hydrogen-bond donors (Lipinski definition) is 2. The number of rotatable bonds is 6. The van der Waals surface area contributed by atoms with E-state index in [1.807, 2.05) is 18.2 Å². The lowest BCUT2D eigenvalue weighted by Gasteiger charge is -2.14. The van der Waals surface area contributed by atoms with Crippen molar-refractivity contribution < 1.29 is 9.84 Å². The van der Waals surface area contributed by atoms with Crippen molar-refractivity contribution in [2.45, 2.75) is 19.4 Å². The van der Waals surface area contributed by atoms with Crippen molar-refractivity contribution in [3.63, 3.8) is 0 Å². The van der Waals surface area contributed by atoms with Gasteiger partial charge in [0.2, 0.25) is 0 Å². The smallest absolute Gasteiger partial charge is 0.119 e. The van der Waals surface area contributed by atoms with Crippen molar-refractivity contribution in [1.29, 1.82) is 0 Å². The fourth-order valence-electron chi connectivity index (χ4n) is 1.43. The summed E-state index contributed by atoms with van der Waals surface area (Å²) in [6, 6.07) is 8.30. The lowest BCUT2D eigenvalue weighted by atomic mass is 10.1. The zero-order valence-corrected chi connectivity index (χ0v) is 9.36. The minimum atomic E-state index is 0.234. The third-order valence-corrected chi connectivity index (χ3v) is 2.38. The van der Waals surface area contributed by atoms with Gasteiger partial charge in [0, 0.05) is 12.6 Å². The molecule has 0 saturated carbocycles. The zero-order valence-electron chi connectivity index (χ0n) is 9.36. The fraction of sp³-hybridized carbons (Fsp3) is 0.500. The zero-order chi connectivity index (χ0) is 11.1. The van der Waals surface area contributed by atoms with E-state index in [1.165, 1.54) is 5.56 Å². The van der Waals surface area contributed by atoms with E-state index < -0.39 is 0 Å². The van der Waals surface area contributed by atoms with Gasteiger partial charge < -0.3 is 15.2 Å². The molecule has 0 spiro atoms. The molecule has 84 valence electrons. The second-order valence-corrected chi connectivity index (χ2v) is 3.53. The largest absolute Gasteiger partial charge is 0.497 e. The molecule has 0 saturated heterocycles. The number of ether oxygens (including phenoxy) is 1. The summed E-state index contributed by atoms with van der Waals surface area (Å²) >= 11 is 0. The number of aliphatic hydroxyl groups excluding tert-OH is 1. The van der Waals surface area contributed by atoms with Crippen LogP contribution in [0.1, 0.15) is 24.9 Å². The molecule has 0 aromatic heterocycles. The van der Waals surface area contributed by atoms with Crippen LogP contribution in [-0.4, -0.2) is 25.4 Å². The monoisotopic (exact) mass is 209 g/mol. The molecule has 0 aliphatic carbocycles. The predicted octanol–water partition coefficient (Wildman–Crippen LogP) is 1.73. The third kappa shape index (κ3) is 3.90. The molecule has 0 aliphatic rings. The summed E-state index contributed by atoms with van der Waals surface area (Å²) in [7, 11) is 1.67. The minimum Gasteiger partial charge on any atom is -0.497 e. The molecule has 3 heteroatoms. The maximum absolute atomic E-state index is 8.67. The Morgan fingerprint density at radius 1 is 1.47 bits per heavy atom. The van der Waals surface area contributed by atoms with E-state index in [-0.39, 0.29) is 12.6 Å². The first kappa shape index (κ1) is 12.0. The number of hydrogen-bond acceptors (Lipinski definition) is 3. The number of methoxy groups -OCH3 is 1. The van der Waals surface area contributed by atoms with Crippen molar-refractivity contribution >= 4 is 0 Å². The van der Waals surface area contributed by atoms with Crippen LogP contribution in [-0.2, 0) is 0 Å². The highest BCUT2D eigenvalue weighted by Crippen LogP contribution is 2.18. The van der Waals surface area contributed by atoms with Gasteiger partial charge in [0.25, 0.3) is 0 Å². The summed E-state index contributed by atoms with van der Waals surface area (Å²) in [6.45, 7) is 3.17. The van der Waals surface area contributed by atoms with E-state index in [9.17, 15) is 0 Å². The highest BCUT2D eigenvalue weighted by molar-refractivity contribution is 5.30. The van der Waals surface area contributed by atoms with Crippen LogP contribution in [0.2, 0.25) is 0 Å². The van der Waals surface area contributed by atoms with E-state index in [0.717, 1.165) is 18.7 Å². The summed E-state index contributed by atoms with van der Waals surface area (Å²) in [6.07, 6.45) is 0.786. The van der Waals surface area contributed by atoms with Crippen LogP contribution in [0.3, 0.4) is 0 Å². The lowest BCUT2D eigenvalue weighted by molar-refractivity contribution is 0.284. The quantitative estimate of drug-likeness (QED) is 0.701. The molecule has 0 bridgehead atoms. The average molecular weight is 209 g/mol. The summed E-state index contributed by atoms with van der Waals surface area (Å²) in [5.41, 5.74) is 1.20. The Kier molecular flexibility index (Phi) is 5.15. The van der Waals surface area contributed by atoms with E-state index in [1.54, 1.807) is 7.11 Å². The van der Waals surface area contributed by atoms with E-state index in [4.69, 9.17) is 9.84 Å². The SMILES string of the molecule is COc1cccc([C@@H](C)NCCCO)c1. The van der Waals surface area contributed by atoms with Gasteiger partial charge in [-0.2, -0.15) is 0 Å². The molecule has 3 nitrogen and oxygen atoms in total. The molecular formula is C12H19NO2. The van der Waals surface area contributed by atoms with Gasteiger partial charge in [-0.05, 0) is 37.6 Å². The van der Waals surface area contributed by atoms with Gasteiger partial charge in [-0.15, -0.1) is 0 Å². The summed E-state index contributed by atoms with van der Waals surface area (Å²) in [4.78, 5) is 0. The van der Waals surface area contributed by atoms with Crippen LogP contribution in [0.5, 0.6) is 5.75 Å². The lowest BCUT2D eigenvalue weighted by Crippen LogP contribution is -2.20. The van der Waals surface area contributed by atoms with E-state index >= 15 is 0 Å². The van der Waals surface area contributed by atoms with Crippen LogP contribution in [0.4, 0.5) is 0 Å². The normalized spacial score (nSPS) is 12.5. The van der Waals surface area contributed by atoms with E-state index in [0.29, 0.717) is 0 Å². The number of aliphatic hydroxyl groups is 1. The number of nitrogens with one attached hydrogen (secondary N) is 1. The van der Waals surface area contributed by atoms with Crippen molar-refractivity contribution in [3.8, 4) is 5.75 Å². The second-order valence-electron chi connectivity index (χ2n) is 3.53. The molecule has 1 atom stereocenters. The van der Waals surface area contributed by atoms with Gasteiger partial charge in [-0.3, -0.25) is 0 Å². The molecule has 0 unspecified atom stereocenters. The fourth-order valence-corrected chi connectivity index (χ4v) is 1.43. The molecule has 0 radical (unpaired) electrons. The minimum absolute atomic E-state index is 0.234. The Bertz CT molecular complexity index is 289. The Hall–Kier alpha value is -1.06. The van der Waals surface area contributed by atoms with Gasteiger partial charge in [0.15, 0.2) is 0 Å². The third-order valence-electron chi connectivity index (χ3n) is 2.38. The van der Waals surface area contributed by atoms with Gasteiger partial charge in [0.1, 0.15) is 5.75 Å². The van der Waals surface area contributed by atoms with Crippen molar-refractivity contribution in [2.75, 3.05) is 20.3 Å². The van der Waals surface area contributed by atoms with Crippen LogP contribution >= 0.6 is 0 Å². The van der Waals surface area contributed by atoms with Gasteiger partial charge in [-0.25, -0.2) is 0 Å². The molecule has 0 amide bonds. The van der Waals surface area contributed by atoms with Crippen LogP contribution in [0.15, 0.2) is 24.3 Å². The summed E-state index contributed by atoms with van der Waals surface area (Å²) in [5, 5.41) is 12.0. The summed E-state index contributed by atoms with van der Waals surface area (Å²) < 4.78 is 5.16. The van der Waals surface area contributed by atoms with Gasteiger partial charge >= 0.3 is 0 Å². The molecular weight excluding hydrogens is 190 g/mol. The molecule has 2 N–H and O–H groups in total. The molecule has 1 aromatic carbocycles. The summed E-state index contributed by atoms with van der Waals surface area (Å²) in [5.74, 6) is 0.878. The average Bonchev–Trinajstić information content (AvgIpc) is 2.29. The predicted molar refractivity (Wildman–Crippen MR) is 61.1 cm³/mol. The standard InChI is InChI=1S/C12H19NO2/c1-10(13-7-4-8-14)11-5-3-6-12(9-11)15-2/h3,5-6,9-10,13-14H,4,7-8H2,1-2H3/t10-/m1/s1. The van der Waals surface area contributed by atoms with Crippen molar-refractivity contribution in [2.24, 2.45) is 0 Å². The first-order valence-electron chi connectivity index (χ1n) is 5.26. The highest BCUT2D eigenvalue weighted by Gasteiger charge is 2.04. The Labute approximate surface area is 91.1 Å². The Morgan fingerprint density at radius 2 is 2.27 bits per heavy atom. The van der Waals surface area contributed by atoms with Crippen LogP contribution in [0, 0.1) is 0 Å². The first-order chi connectivity index (χ1) is 7.27. The topological polar surface area (TPSA) is 41.5 Å². The van der Waals surface area contributed by atoms with Crippen molar-refractivity contribution in [1.82, 2.24) is 5.32 Å². The molecule has 0 aliphatic heterocycles. The molecule has 0 fully saturated rings. The Morgan fingerprint density at radius 3 is 2.93 bits per heavy atom. The second kappa shape index (κ2) is 6.43. The van der Waals surface area contributed by atoms with Crippen molar-refractivity contribution in [3.05, 3.63) is 29.8 Å². The van der Waals surface area contributed by atoms with E-state index in [2.05, 4.69) is 18.3 Å². The van der Waals surface area contributed by atoms with Crippen LogP contribution in [0.25, 0.3) is 0 Å². The Balaban J connectivity index is 2.52. The maximum atomic E-state index is 8.67. The molecule has 1 aromatic rings. The highest BCUT2D eigenvalue weighted by atomic mass is 16.5. The van der Waals surface area contributed by atoms with Gasteiger partial charge in [0.05, 0.1) is 7.11 Å². The molecule has 15 heavy (non-hydrogen) atoms. The van der Waals surface area contributed by atoms with Crippen LogP contribution < -0.4 is 10.1 Å². The first-order valence-corrected chi connectivity index (χ1v) is 5.26. The maximum Gasteiger partial charge on any atom is 0.119 e. The van der Waals surface area contributed by atoms with Gasteiger partial charge in [-0.1, -0.05) is 12.1 Å². The number of benzene rings is 1. The molecule has 0 heterocycles. The molecule has 1 rings (SSSR count).